The highest BCUT2D eigenvalue weighted by atomic mass is 35.5. The van der Waals surface area contributed by atoms with Gasteiger partial charge in [0, 0.05) is 18.1 Å². The smallest absolute Gasteiger partial charge is 0.325 e. The van der Waals surface area contributed by atoms with Gasteiger partial charge in [0.15, 0.2) is 0 Å². The van der Waals surface area contributed by atoms with Crippen LogP contribution in [0.25, 0.3) is 0 Å². The van der Waals surface area contributed by atoms with Gasteiger partial charge in [-0.15, -0.1) is 11.3 Å². The Labute approximate surface area is 169 Å². The first-order valence-corrected chi connectivity index (χ1v) is 11.0. The van der Waals surface area contributed by atoms with Crippen LogP contribution in [-0.4, -0.2) is 31.7 Å². The maximum Gasteiger partial charge on any atom is 0.418 e. The number of halogens is 4. The maximum absolute atomic E-state index is 13.2. The molecule has 1 atom stereocenters. The number of anilines is 1. The number of piperidine rings is 1. The van der Waals surface area contributed by atoms with Crippen LogP contribution in [-0.2, 0) is 21.0 Å². The zero-order chi connectivity index (χ0) is 20.5. The molecule has 5 nitrogen and oxygen atoms in total. The van der Waals surface area contributed by atoms with Crippen LogP contribution < -0.4 is 5.32 Å². The van der Waals surface area contributed by atoms with E-state index >= 15 is 0 Å². The van der Waals surface area contributed by atoms with E-state index in [0.717, 1.165) is 23.5 Å². The number of hydrogen-bond acceptors (Lipinski definition) is 4. The second-order valence-electron chi connectivity index (χ2n) is 6.31. The first-order valence-electron chi connectivity index (χ1n) is 8.30. The molecule has 1 aliphatic rings. The minimum atomic E-state index is -4.69. The van der Waals surface area contributed by atoms with Crippen molar-refractivity contribution in [2.75, 3.05) is 18.4 Å². The van der Waals surface area contributed by atoms with Gasteiger partial charge < -0.3 is 5.32 Å². The second kappa shape index (κ2) is 8.02. The summed E-state index contributed by atoms with van der Waals surface area (Å²) in [6, 6.07) is 6.18. The monoisotopic (exact) mass is 452 g/mol. The van der Waals surface area contributed by atoms with Gasteiger partial charge in [0.1, 0.15) is 4.21 Å². The molecule has 1 aliphatic heterocycles. The van der Waals surface area contributed by atoms with Crippen LogP contribution in [0.3, 0.4) is 0 Å². The number of carbonyl (C=O) groups is 1. The number of carbonyl (C=O) groups excluding carboxylic acids is 1. The number of thiophene rings is 1. The largest absolute Gasteiger partial charge is 0.418 e. The summed E-state index contributed by atoms with van der Waals surface area (Å²) in [7, 11) is -3.72. The van der Waals surface area contributed by atoms with Crippen LogP contribution in [0.1, 0.15) is 18.4 Å². The molecule has 152 valence electrons. The lowest BCUT2D eigenvalue weighted by Gasteiger charge is -2.31. The minimum absolute atomic E-state index is 0.0823. The van der Waals surface area contributed by atoms with Gasteiger partial charge in [-0.05, 0) is 42.5 Å². The van der Waals surface area contributed by atoms with Gasteiger partial charge in [-0.25, -0.2) is 8.42 Å². The number of amides is 1. The van der Waals surface area contributed by atoms with Crippen molar-refractivity contribution in [1.29, 1.82) is 0 Å². The van der Waals surface area contributed by atoms with E-state index in [9.17, 15) is 26.4 Å². The zero-order valence-corrected chi connectivity index (χ0v) is 16.8. The van der Waals surface area contributed by atoms with Crippen LogP contribution >= 0.6 is 22.9 Å². The van der Waals surface area contributed by atoms with Crippen molar-refractivity contribution in [3.05, 3.63) is 46.3 Å². The molecule has 3 rings (SSSR count). The van der Waals surface area contributed by atoms with E-state index in [1.165, 1.54) is 16.4 Å². The van der Waals surface area contributed by atoms with Gasteiger partial charge in [0.25, 0.3) is 10.0 Å². The first kappa shape index (κ1) is 21.1. The molecule has 1 fully saturated rings. The Morgan fingerprint density at radius 3 is 2.68 bits per heavy atom. The number of hydrogen-bond donors (Lipinski definition) is 1. The van der Waals surface area contributed by atoms with E-state index in [0.29, 0.717) is 12.8 Å². The highest BCUT2D eigenvalue weighted by Crippen LogP contribution is 2.37. The average Bonchev–Trinajstić information content (AvgIpc) is 3.18. The van der Waals surface area contributed by atoms with Gasteiger partial charge in [-0.2, -0.15) is 17.5 Å². The molecule has 11 heteroatoms. The highest BCUT2D eigenvalue weighted by molar-refractivity contribution is 7.91. The molecule has 1 aromatic carbocycles. The molecule has 2 heterocycles. The SMILES string of the molecule is O=C(Nc1ccc(Cl)cc1C(F)(F)F)[C@H]1CCCN(S(=O)(=O)c2cccs2)C1. The normalized spacial score (nSPS) is 18.8. The van der Waals surface area contributed by atoms with Crippen molar-refractivity contribution < 1.29 is 26.4 Å². The van der Waals surface area contributed by atoms with Gasteiger partial charge in [-0.1, -0.05) is 17.7 Å². The van der Waals surface area contributed by atoms with E-state index in [4.69, 9.17) is 11.6 Å². The summed E-state index contributed by atoms with van der Waals surface area (Å²) < 4.78 is 66.3. The average molecular weight is 453 g/mol. The van der Waals surface area contributed by atoms with Gasteiger partial charge in [-0.3, -0.25) is 4.79 Å². The molecule has 0 unspecified atom stereocenters. The molecule has 0 radical (unpaired) electrons. The molecule has 1 aromatic heterocycles. The third kappa shape index (κ3) is 4.51. The summed E-state index contributed by atoms with van der Waals surface area (Å²) in [6.45, 7) is 0.180. The Kier molecular flexibility index (Phi) is 6.04. The molecule has 1 amide bonds. The summed E-state index contributed by atoms with van der Waals surface area (Å²) in [5, 5.41) is 3.82. The Bertz CT molecular complexity index is 963. The topological polar surface area (TPSA) is 66.5 Å². The summed E-state index contributed by atoms with van der Waals surface area (Å²) in [5.41, 5.74) is -1.45. The summed E-state index contributed by atoms with van der Waals surface area (Å²) in [5.74, 6) is -1.40. The van der Waals surface area contributed by atoms with Crippen molar-refractivity contribution in [3.8, 4) is 0 Å². The van der Waals surface area contributed by atoms with Gasteiger partial charge in [0.2, 0.25) is 5.91 Å². The Balaban J connectivity index is 1.77. The lowest BCUT2D eigenvalue weighted by atomic mass is 9.98. The molecule has 0 saturated carbocycles. The molecule has 28 heavy (non-hydrogen) atoms. The standard InChI is InChI=1S/C17H16ClF3N2O3S2/c18-12-5-6-14(13(9-12)17(19,20)21)22-16(24)11-3-1-7-23(10-11)28(25,26)15-4-2-8-27-15/h2,4-6,8-9,11H,1,3,7,10H2,(H,22,24)/t11-/m0/s1. The maximum atomic E-state index is 13.2. The van der Waals surface area contributed by atoms with Crippen LogP contribution in [0.15, 0.2) is 39.9 Å². The van der Waals surface area contributed by atoms with Crippen molar-refractivity contribution in [3.63, 3.8) is 0 Å². The molecular formula is C17H16ClF3N2O3S2. The number of nitrogens with one attached hydrogen (secondary N) is 1. The quantitative estimate of drug-likeness (QED) is 0.744. The number of nitrogens with zero attached hydrogens (tertiary/aromatic N) is 1. The van der Waals surface area contributed by atoms with E-state index in [2.05, 4.69) is 5.32 Å². The fourth-order valence-corrected chi connectivity index (χ4v) is 5.85. The lowest BCUT2D eigenvalue weighted by molar-refractivity contribution is -0.137. The first-order chi connectivity index (χ1) is 13.1. The number of benzene rings is 1. The van der Waals surface area contributed by atoms with Crippen molar-refractivity contribution >= 4 is 44.6 Å². The Hall–Kier alpha value is -1.62. The fraction of sp³-hybridized carbons (Fsp3) is 0.353. The summed E-state index contributed by atoms with van der Waals surface area (Å²) in [6.07, 6.45) is -3.86. The molecular weight excluding hydrogens is 437 g/mol. The third-order valence-corrected chi connectivity index (χ3v) is 7.86. The zero-order valence-electron chi connectivity index (χ0n) is 14.4. The van der Waals surface area contributed by atoms with Crippen molar-refractivity contribution in [1.82, 2.24) is 4.31 Å². The number of rotatable bonds is 4. The molecule has 0 aliphatic carbocycles. The third-order valence-electron chi connectivity index (χ3n) is 4.39. The fourth-order valence-electron chi connectivity index (χ4n) is 3.01. The van der Waals surface area contributed by atoms with Crippen molar-refractivity contribution in [2.24, 2.45) is 5.92 Å². The number of sulfonamides is 1. The predicted octanol–water partition coefficient (Wildman–Crippen LogP) is 4.46. The van der Waals surface area contributed by atoms with E-state index in [1.807, 2.05) is 0 Å². The Morgan fingerprint density at radius 2 is 2.04 bits per heavy atom. The molecule has 1 saturated heterocycles. The number of alkyl halides is 3. The molecule has 2 aromatic rings. The summed E-state index contributed by atoms with van der Waals surface area (Å²) >= 11 is 6.72. The van der Waals surface area contributed by atoms with Crippen LogP contribution in [0.2, 0.25) is 5.02 Å². The Morgan fingerprint density at radius 1 is 1.29 bits per heavy atom. The second-order valence-corrected chi connectivity index (χ2v) is 9.86. The van der Waals surface area contributed by atoms with E-state index in [1.54, 1.807) is 11.4 Å². The highest BCUT2D eigenvalue weighted by Gasteiger charge is 2.37. The molecule has 0 bridgehead atoms. The van der Waals surface area contributed by atoms with E-state index in [-0.39, 0.29) is 22.3 Å². The van der Waals surface area contributed by atoms with E-state index < -0.39 is 39.3 Å². The summed E-state index contributed by atoms with van der Waals surface area (Å²) in [4.78, 5) is 12.6. The van der Waals surface area contributed by atoms with Gasteiger partial charge in [0.05, 0.1) is 17.2 Å². The van der Waals surface area contributed by atoms with Crippen LogP contribution in [0.4, 0.5) is 18.9 Å². The van der Waals surface area contributed by atoms with Gasteiger partial charge >= 0.3 is 6.18 Å². The molecule has 0 spiro atoms. The lowest BCUT2D eigenvalue weighted by Crippen LogP contribution is -2.43. The minimum Gasteiger partial charge on any atom is -0.325 e. The molecule has 1 N–H and O–H groups in total. The van der Waals surface area contributed by atoms with Crippen LogP contribution in [0.5, 0.6) is 0 Å². The van der Waals surface area contributed by atoms with Crippen molar-refractivity contribution in [2.45, 2.75) is 23.2 Å². The predicted molar refractivity (Wildman–Crippen MR) is 101 cm³/mol. The van der Waals surface area contributed by atoms with Crippen LogP contribution in [0, 0.1) is 5.92 Å².